The maximum absolute atomic E-state index is 10.6. The molecule has 0 saturated heterocycles. The second-order valence-electron chi connectivity index (χ2n) is 2.37. The Morgan fingerprint density at radius 3 is 2.55 bits per heavy atom. The molecule has 0 aliphatic rings. The van der Waals surface area contributed by atoms with Gasteiger partial charge in [-0.2, -0.15) is 0 Å². The van der Waals surface area contributed by atoms with Crippen LogP contribution in [-0.2, 0) is 4.79 Å². The summed E-state index contributed by atoms with van der Waals surface area (Å²) in [5, 5.41) is 0. The lowest BCUT2D eigenvalue weighted by atomic mass is 10.4. The second-order valence-corrected chi connectivity index (χ2v) is 3.83. The van der Waals surface area contributed by atoms with Crippen LogP contribution in [0.3, 0.4) is 0 Å². The number of rotatable bonds is 1. The molecule has 2 nitrogen and oxygen atoms in total. The number of ether oxygens (including phenoxy) is 1. The van der Waals surface area contributed by atoms with Gasteiger partial charge in [0, 0.05) is 16.7 Å². The molecule has 0 fully saturated rings. The summed E-state index contributed by atoms with van der Waals surface area (Å²) in [5.41, 5.74) is 0. The summed E-state index contributed by atoms with van der Waals surface area (Å²) < 4.78 is 4.94. The van der Waals surface area contributed by atoms with Gasteiger partial charge >= 0.3 is 5.97 Å². The van der Waals surface area contributed by atoms with Gasteiger partial charge in [0.05, 0.1) is 0 Å². The van der Waals surface area contributed by atoms with Crippen LogP contribution in [0.4, 0.5) is 0 Å². The fourth-order valence-electron chi connectivity index (χ4n) is 0.864. The third kappa shape index (κ3) is 2.05. The minimum atomic E-state index is -0.258. The van der Waals surface area contributed by atoms with Crippen molar-refractivity contribution in [3.05, 3.63) is 15.8 Å². The predicted octanol–water partition coefficient (Wildman–Crippen LogP) is 2.29. The van der Waals surface area contributed by atoms with Crippen molar-refractivity contribution < 1.29 is 9.53 Å². The van der Waals surface area contributed by atoms with Crippen molar-refractivity contribution in [1.29, 1.82) is 0 Å². The number of esters is 1. The lowest BCUT2D eigenvalue weighted by molar-refractivity contribution is -0.131. The number of carbonyl (C=O) groups excluding carboxylic acids is 1. The molecule has 0 aliphatic heterocycles. The zero-order valence-corrected chi connectivity index (χ0v) is 7.62. The summed E-state index contributed by atoms with van der Waals surface area (Å²) in [7, 11) is 0. The molecule has 0 aromatic carbocycles. The SMILES string of the molecule is CC(=O)Oc1cc(C)sc1C. The highest BCUT2D eigenvalue weighted by molar-refractivity contribution is 7.12. The molecule has 60 valence electrons. The van der Waals surface area contributed by atoms with Gasteiger partial charge in [-0.3, -0.25) is 4.79 Å². The molecule has 11 heavy (non-hydrogen) atoms. The van der Waals surface area contributed by atoms with Gasteiger partial charge in [0.25, 0.3) is 0 Å². The van der Waals surface area contributed by atoms with E-state index in [-0.39, 0.29) is 5.97 Å². The molecule has 0 amide bonds. The largest absolute Gasteiger partial charge is 0.426 e. The van der Waals surface area contributed by atoms with Gasteiger partial charge in [0.15, 0.2) is 0 Å². The Hall–Kier alpha value is -0.830. The van der Waals surface area contributed by atoms with Crippen molar-refractivity contribution in [2.75, 3.05) is 0 Å². The minimum absolute atomic E-state index is 0.258. The van der Waals surface area contributed by atoms with Crippen LogP contribution in [0.5, 0.6) is 5.75 Å². The van der Waals surface area contributed by atoms with Gasteiger partial charge in [-0.05, 0) is 19.9 Å². The van der Waals surface area contributed by atoms with E-state index in [2.05, 4.69) is 0 Å². The quantitative estimate of drug-likeness (QED) is 0.604. The topological polar surface area (TPSA) is 26.3 Å². The molecule has 0 unspecified atom stereocenters. The first-order valence-electron chi connectivity index (χ1n) is 3.35. The number of aryl methyl sites for hydroxylation is 2. The highest BCUT2D eigenvalue weighted by atomic mass is 32.1. The third-order valence-corrected chi connectivity index (χ3v) is 2.20. The predicted molar refractivity (Wildman–Crippen MR) is 45.1 cm³/mol. The first-order valence-corrected chi connectivity index (χ1v) is 4.16. The molecule has 3 heteroatoms. The highest BCUT2D eigenvalue weighted by Gasteiger charge is 2.05. The molecule has 0 atom stereocenters. The number of carbonyl (C=O) groups is 1. The molecular formula is C8H10O2S. The van der Waals surface area contributed by atoms with Crippen LogP contribution in [0.1, 0.15) is 16.7 Å². The fraction of sp³-hybridized carbons (Fsp3) is 0.375. The van der Waals surface area contributed by atoms with Crippen LogP contribution in [-0.4, -0.2) is 5.97 Å². The summed E-state index contributed by atoms with van der Waals surface area (Å²) in [5.74, 6) is 0.436. The van der Waals surface area contributed by atoms with Crippen molar-refractivity contribution >= 4 is 17.3 Å². The molecule has 1 heterocycles. The van der Waals surface area contributed by atoms with Crippen LogP contribution in [0.2, 0.25) is 0 Å². The first kappa shape index (κ1) is 8.27. The normalized spacial score (nSPS) is 9.73. The zero-order chi connectivity index (χ0) is 8.43. The van der Waals surface area contributed by atoms with E-state index < -0.39 is 0 Å². The lowest BCUT2D eigenvalue weighted by Gasteiger charge is -1.96. The molecule has 0 bridgehead atoms. The Balaban J connectivity index is 2.85. The van der Waals surface area contributed by atoms with Crippen LogP contribution in [0.25, 0.3) is 0 Å². The maximum atomic E-state index is 10.6. The number of hydrogen-bond donors (Lipinski definition) is 0. The second kappa shape index (κ2) is 3.05. The molecule has 0 aliphatic carbocycles. The van der Waals surface area contributed by atoms with Crippen molar-refractivity contribution in [2.45, 2.75) is 20.8 Å². The molecule has 0 N–H and O–H groups in total. The van der Waals surface area contributed by atoms with E-state index in [1.807, 2.05) is 19.9 Å². The minimum Gasteiger partial charge on any atom is -0.426 e. The van der Waals surface area contributed by atoms with Gasteiger partial charge < -0.3 is 4.74 Å². The van der Waals surface area contributed by atoms with E-state index in [0.29, 0.717) is 5.75 Å². The fourth-order valence-corrected chi connectivity index (χ4v) is 1.71. The molecule has 1 rings (SSSR count). The zero-order valence-electron chi connectivity index (χ0n) is 6.80. The monoisotopic (exact) mass is 170 g/mol. The average molecular weight is 170 g/mol. The third-order valence-electron chi connectivity index (χ3n) is 1.25. The van der Waals surface area contributed by atoms with E-state index in [1.165, 1.54) is 11.8 Å². The van der Waals surface area contributed by atoms with E-state index in [9.17, 15) is 4.79 Å². The van der Waals surface area contributed by atoms with Crippen molar-refractivity contribution in [3.63, 3.8) is 0 Å². The van der Waals surface area contributed by atoms with Crippen molar-refractivity contribution in [1.82, 2.24) is 0 Å². The Morgan fingerprint density at radius 1 is 1.55 bits per heavy atom. The van der Waals surface area contributed by atoms with E-state index >= 15 is 0 Å². The van der Waals surface area contributed by atoms with Gasteiger partial charge in [-0.15, -0.1) is 11.3 Å². The summed E-state index contributed by atoms with van der Waals surface area (Å²) >= 11 is 1.63. The number of hydrogen-bond acceptors (Lipinski definition) is 3. The van der Waals surface area contributed by atoms with Gasteiger partial charge in [0.1, 0.15) is 5.75 Å². The van der Waals surface area contributed by atoms with Crippen LogP contribution in [0, 0.1) is 13.8 Å². The molecule has 1 aromatic rings. The molecule has 0 spiro atoms. The van der Waals surface area contributed by atoms with E-state index in [0.717, 1.165) is 4.88 Å². The lowest BCUT2D eigenvalue weighted by Crippen LogP contribution is -2.00. The summed E-state index contributed by atoms with van der Waals surface area (Å²) in [6.07, 6.45) is 0. The summed E-state index contributed by atoms with van der Waals surface area (Å²) in [6, 6.07) is 1.88. The van der Waals surface area contributed by atoms with Gasteiger partial charge in [-0.1, -0.05) is 0 Å². The Labute approximate surface area is 69.8 Å². The molecule has 0 saturated carbocycles. The van der Waals surface area contributed by atoms with Crippen molar-refractivity contribution in [3.8, 4) is 5.75 Å². The van der Waals surface area contributed by atoms with Gasteiger partial charge in [0.2, 0.25) is 0 Å². The van der Waals surface area contributed by atoms with Gasteiger partial charge in [-0.25, -0.2) is 0 Å². The summed E-state index contributed by atoms with van der Waals surface area (Å²) in [6.45, 7) is 5.34. The summed E-state index contributed by atoms with van der Waals surface area (Å²) in [4.78, 5) is 12.8. The molecule has 0 radical (unpaired) electrons. The molecular weight excluding hydrogens is 160 g/mol. The Bertz CT molecular complexity index is 276. The smallest absolute Gasteiger partial charge is 0.308 e. The highest BCUT2D eigenvalue weighted by Crippen LogP contribution is 2.27. The first-order chi connectivity index (χ1) is 5.09. The average Bonchev–Trinajstić information content (AvgIpc) is 2.09. The van der Waals surface area contributed by atoms with E-state index in [1.54, 1.807) is 11.3 Å². The maximum Gasteiger partial charge on any atom is 0.308 e. The Kier molecular flexibility index (Phi) is 2.29. The van der Waals surface area contributed by atoms with Crippen molar-refractivity contribution in [2.24, 2.45) is 0 Å². The molecule has 1 aromatic heterocycles. The van der Waals surface area contributed by atoms with E-state index in [4.69, 9.17) is 4.74 Å². The van der Waals surface area contributed by atoms with Crippen LogP contribution >= 0.6 is 11.3 Å². The standard InChI is InChI=1S/C8H10O2S/c1-5-4-8(6(2)11-5)10-7(3)9/h4H,1-3H3. The Morgan fingerprint density at radius 2 is 2.18 bits per heavy atom. The van der Waals surface area contributed by atoms with Crippen LogP contribution in [0.15, 0.2) is 6.07 Å². The van der Waals surface area contributed by atoms with Crippen LogP contribution < -0.4 is 4.74 Å². The number of thiophene rings is 1.